The first-order valence-corrected chi connectivity index (χ1v) is 8.26. The second-order valence-electron chi connectivity index (χ2n) is 5.03. The second-order valence-corrected chi connectivity index (χ2v) is 7.36. The molecule has 0 heterocycles. The van der Waals surface area contributed by atoms with E-state index < -0.39 is 38.8 Å². The SMILES string of the molecule is CC(=O)NC(CS(=O)(=O)C1CCCCCC1)C(=O)O. The minimum atomic E-state index is -3.49. The van der Waals surface area contributed by atoms with Gasteiger partial charge in [0.05, 0.1) is 11.0 Å². The molecule has 1 unspecified atom stereocenters. The zero-order valence-electron chi connectivity index (χ0n) is 11.1. The Labute approximate surface area is 113 Å². The molecule has 1 saturated carbocycles. The first-order valence-electron chi connectivity index (χ1n) is 6.54. The molecule has 0 aliphatic heterocycles. The maximum atomic E-state index is 12.2. The van der Waals surface area contributed by atoms with Gasteiger partial charge in [0, 0.05) is 6.92 Å². The molecule has 0 spiro atoms. The van der Waals surface area contributed by atoms with Gasteiger partial charge in [0.15, 0.2) is 9.84 Å². The molecular formula is C12H21NO5S. The zero-order chi connectivity index (χ0) is 14.5. The van der Waals surface area contributed by atoms with Crippen molar-refractivity contribution in [2.24, 2.45) is 0 Å². The molecule has 1 aliphatic rings. The highest BCUT2D eigenvalue weighted by Gasteiger charge is 2.32. The number of carbonyl (C=O) groups is 2. The van der Waals surface area contributed by atoms with Gasteiger partial charge in [-0.15, -0.1) is 0 Å². The number of carboxylic acid groups (broad SMARTS) is 1. The van der Waals surface area contributed by atoms with Gasteiger partial charge in [-0.3, -0.25) is 4.79 Å². The van der Waals surface area contributed by atoms with Crippen LogP contribution < -0.4 is 5.32 Å². The first kappa shape index (κ1) is 15.9. The van der Waals surface area contributed by atoms with Gasteiger partial charge in [-0.1, -0.05) is 25.7 Å². The minimum Gasteiger partial charge on any atom is -0.480 e. The number of rotatable bonds is 5. The van der Waals surface area contributed by atoms with E-state index >= 15 is 0 Å². The molecule has 1 atom stereocenters. The summed E-state index contributed by atoms with van der Waals surface area (Å²) in [5, 5.41) is 10.7. The Kier molecular flexibility index (Phi) is 5.78. The predicted octanol–water partition coefficient (Wildman–Crippen LogP) is 0.713. The molecule has 0 aromatic heterocycles. The van der Waals surface area contributed by atoms with E-state index in [2.05, 4.69) is 5.32 Å². The normalized spacial score (nSPS) is 19.4. The Balaban J connectivity index is 2.74. The van der Waals surface area contributed by atoms with Crippen molar-refractivity contribution in [2.45, 2.75) is 56.7 Å². The third-order valence-corrected chi connectivity index (χ3v) is 5.67. The molecule has 1 amide bonds. The number of hydrogen-bond donors (Lipinski definition) is 2. The van der Waals surface area contributed by atoms with Crippen LogP contribution >= 0.6 is 0 Å². The van der Waals surface area contributed by atoms with Crippen LogP contribution in [0, 0.1) is 0 Å². The number of carbonyl (C=O) groups excluding carboxylic acids is 1. The van der Waals surface area contributed by atoms with Crippen LogP contribution in [0.25, 0.3) is 0 Å². The molecule has 19 heavy (non-hydrogen) atoms. The molecule has 0 bridgehead atoms. The van der Waals surface area contributed by atoms with Crippen molar-refractivity contribution in [3.8, 4) is 0 Å². The van der Waals surface area contributed by atoms with E-state index in [4.69, 9.17) is 5.11 Å². The number of hydrogen-bond acceptors (Lipinski definition) is 4. The number of sulfone groups is 1. The Bertz CT molecular complexity index is 423. The summed E-state index contributed by atoms with van der Waals surface area (Å²) in [6.07, 6.45) is 4.97. The van der Waals surface area contributed by atoms with Crippen LogP contribution in [0.4, 0.5) is 0 Å². The Morgan fingerprint density at radius 1 is 1.21 bits per heavy atom. The fourth-order valence-corrected chi connectivity index (χ4v) is 4.40. The van der Waals surface area contributed by atoms with Crippen LogP contribution in [0.5, 0.6) is 0 Å². The van der Waals surface area contributed by atoms with E-state index in [0.717, 1.165) is 25.7 Å². The monoisotopic (exact) mass is 291 g/mol. The summed E-state index contributed by atoms with van der Waals surface area (Å²) in [7, 11) is -3.49. The van der Waals surface area contributed by atoms with Crippen LogP contribution in [0.15, 0.2) is 0 Å². The van der Waals surface area contributed by atoms with Gasteiger partial charge in [-0.2, -0.15) is 0 Å². The summed E-state index contributed by atoms with van der Waals surface area (Å²) in [6.45, 7) is 1.17. The van der Waals surface area contributed by atoms with E-state index in [1.807, 2.05) is 0 Å². The molecule has 0 aromatic carbocycles. The minimum absolute atomic E-state index is 0.467. The lowest BCUT2D eigenvalue weighted by Crippen LogP contribution is -2.46. The van der Waals surface area contributed by atoms with Crippen molar-refractivity contribution in [3.63, 3.8) is 0 Å². The zero-order valence-corrected chi connectivity index (χ0v) is 11.9. The summed E-state index contributed by atoms with van der Waals surface area (Å²) in [4.78, 5) is 21.9. The summed E-state index contributed by atoms with van der Waals surface area (Å²) < 4.78 is 24.4. The smallest absolute Gasteiger partial charge is 0.327 e. The molecule has 0 saturated heterocycles. The van der Waals surface area contributed by atoms with Gasteiger partial charge in [-0.25, -0.2) is 13.2 Å². The Morgan fingerprint density at radius 3 is 2.16 bits per heavy atom. The molecule has 7 heteroatoms. The number of carboxylic acids is 1. The van der Waals surface area contributed by atoms with Crippen molar-refractivity contribution < 1.29 is 23.1 Å². The standard InChI is InChI=1S/C12H21NO5S/c1-9(14)13-11(12(15)16)8-19(17,18)10-6-4-2-3-5-7-10/h10-11H,2-8H2,1H3,(H,13,14)(H,15,16). The van der Waals surface area contributed by atoms with Gasteiger partial charge >= 0.3 is 5.97 Å². The highest BCUT2D eigenvalue weighted by Crippen LogP contribution is 2.23. The van der Waals surface area contributed by atoms with Gasteiger partial charge < -0.3 is 10.4 Å². The van der Waals surface area contributed by atoms with E-state index in [-0.39, 0.29) is 0 Å². The van der Waals surface area contributed by atoms with Crippen molar-refractivity contribution in [1.82, 2.24) is 5.32 Å². The van der Waals surface area contributed by atoms with E-state index in [9.17, 15) is 18.0 Å². The van der Waals surface area contributed by atoms with Gasteiger partial charge in [0.25, 0.3) is 0 Å². The largest absolute Gasteiger partial charge is 0.480 e. The van der Waals surface area contributed by atoms with Gasteiger partial charge in [0.2, 0.25) is 5.91 Å². The molecule has 2 N–H and O–H groups in total. The number of nitrogens with one attached hydrogen (secondary N) is 1. The topological polar surface area (TPSA) is 101 Å². The second kappa shape index (κ2) is 6.88. The van der Waals surface area contributed by atoms with Crippen LogP contribution in [0.2, 0.25) is 0 Å². The lowest BCUT2D eigenvalue weighted by molar-refractivity contribution is -0.140. The van der Waals surface area contributed by atoms with E-state index in [0.29, 0.717) is 12.8 Å². The van der Waals surface area contributed by atoms with Crippen molar-refractivity contribution >= 4 is 21.7 Å². The summed E-state index contributed by atoms with van der Waals surface area (Å²) in [6, 6.07) is -1.36. The van der Waals surface area contributed by atoms with Crippen molar-refractivity contribution in [3.05, 3.63) is 0 Å². The number of aliphatic carboxylic acids is 1. The molecule has 6 nitrogen and oxygen atoms in total. The predicted molar refractivity (Wildman–Crippen MR) is 70.5 cm³/mol. The Morgan fingerprint density at radius 2 is 1.74 bits per heavy atom. The fourth-order valence-electron chi connectivity index (χ4n) is 2.39. The molecule has 0 radical (unpaired) electrons. The van der Waals surface area contributed by atoms with Gasteiger partial charge in [-0.05, 0) is 12.8 Å². The maximum Gasteiger partial charge on any atom is 0.327 e. The summed E-state index contributed by atoms with van der Waals surface area (Å²) in [5.74, 6) is -2.37. The van der Waals surface area contributed by atoms with Gasteiger partial charge in [0.1, 0.15) is 6.04 Å². The molecule has 110 valence electrons. The van der Waals surface area contributed by atoms with E-state index in [1.165, 1.54) is 6.92 Å². The average molecular weight is 291 g/mol. The van der Waals surface area contributed by atoms with Crippen LogP contribution in [-0.4, -0.2) is 42.4 Å². The third kappa shape index (κ3) is 5.18. The summed E-state index contributed by atoms with van der Waals surface area (Å²) in [5.41, 5.74) is 0. The highest BCUT2D eigenvalue weighted by molar-refractivity contribution is 7.92. The number of amides is 1. The molecule has 0 aromatic rings. The average Bonchev–Trinajstić information content (AvgIpc) is 2.55. The lowest BCUT2D eigenvalue weighted by atomic mass is 10.2. The quantitative estimate of drug-likeness (QED) is 0.727. The molecule has 1 fully saturated rings. The first-order chi connectivity index (χ1) is 8.83. The summed E-state index contributed by atoms with van der Waals surface area (Å²) >= 11 is 0. The third-order valence-electron chi connectivity index (χ3n) is 3.38. The van der Waals surface area contributed by atoms with Crippen LogP contribution in [-0.2, 0) is 19.4 Å². The molecule has 1 rings (SSSR count). The van der Waals surface area contributed by atoms with Crippen LogP contribution in [0.1, 0.15) is 45.4 Å². The lowest BCUT2D eigenvalue weighted by Gasteiger charge is -2.19. The maximum absolute atomic E-state index is 12.2. The molecular weight excluding hydrogens is 270 g/mol. The Hall–Kier alpha value is -1.11. The van der Waals surface area contributed by atoms with Crippen molar-refractivity contribution in [1.29, 1.82) is 0 Å². The van der Waals surface area contributed by atoms with Crippen molar-refractivity contribution in [2.75, 3.05) is 5.75 Å². The molecule has 1 aliphatic carbocycles. The van der Waals surface area contributed by atoms with Crippen LogP contribution in [0.3, 0.4) is 0 Å². The fraction of sp³-hybridized carbons (Fsp3) is 0.833. The van der Waals surface area contributed by atoms with E-state index in [1.54, 1.807) is 0 Å². The highest BCUT2D eigenvalue weighted by atomic mass is 32.2.